The van der Waals surface area contributed by atoms with Crippen molar-refractivity contribution in [2.75, 3.05) is 0 Å². The zero-order valence-electron chi connectivity index (χ0n) is 15.7. The molecular weight excluding hydrogens is 402 g/mol. The van der Waals surface area contributed by atoms with Crippen molar-refractivity contribution in [1.82, 2.24) is 10.2 Å². The third-order valence-corrected chi connectivity index (χ3v) is 4.77. The number of aliphatic carboxylic acids is 1. The van der Waals surface area contributed by atoms with Gasteiger partial charge in [-0.1, -0.05) is 42.5 Å². The van der Waals surface area contributed by atoms with Crippen LogP contribution in [0.5, 0.6) is 0 Å². The van der Waals surface area contributed by atoms with Crippen molar-refractivity contribution >= 4 is 5.97 Å². The maximum absolute atomic E-state index is 13.9. The molecule has 1 heterocycles. The number of alkyl halides is 3. The Morgan fingerprint density at radius 2 is 1.70 bits per heavy atom. The Morgan fingerprint density at radius 1 is 1.10 bits per heavy atom. The second-order valence-electron chi connectivity index (χ2n) is 6.89. The third kappa shape index (κ3) is 4.85. The van der Waals surface area contributed by atoms with Crippen LogP contribution in [0.15, 0.2) is 48.5 Å². The number of carboxylic acid groups (broad SMARTS) is 1. The number of halogens is 4. The zero-order chi connectivity index (χ0) is 21.9. The molecule has 0 saturated heterocycles. The number of carbonyl (C=O) groups is 1. The number of aromatic nitrogens is 2. The van der Waals surface area contributed by atoms with Crippen LogP contribution in [0.3, 0.4) is 0 Å². The van der Waals surface area contributed by atoms with Crippen molar-refractivity contribution in [2.45, 2.75) is 31.5 Å². The molecule has 0 bridgehead atoms. The van der Waals surface area contributed by atoms with Crippen molar-refractivity contribution in [2.24, 2.45) is 5.73 Å². The number of fused-ring (bicyclic) bond motifs is 1. The van der Waals surface area contributed by atoms with Crippen LogP contribution >= 0.6 is 0 Å². The largest absolute Gasteiger partial charge is 0.490 e. The van der Waals surface area contributed by atoms with Gasteiger partial charge in [-0.15, -0.1) is 0 Å². The molecule has 0 spiro atoms. The van der Waals surface area contributed by atoms with Crippen LogP contribution in [0, 0.1) is 5.82 Å². The van der Waals surface area contributed by atoms with Gasteiger partial charge < -0.3 is 10.8 Å². The molecule has 0 fully saturated rings. The average Bonchev–Trinajstić information content (AvgIpc) is 3.11. The lowest BCUT2D eigenvalue weighted by Crippen LogP contribution is -2.27. The molecule has 0 amide bonds. The Morgan fingerprint density at radius 3 is 2.30 bits per heavy atom. The molecule has 1 aliphatic carbocycles. The van der Waals surface area contributed by atoms with E-state index in [0.29, 0.717) is 5.56 Å². The Balaban J connectivity index is 0.000000318. The minimum Gasteiger partial charge on any atom is -0.475 e. The Labute approximate surface area is 169 Å². The van der Waals surface area contributed by atoms with Crippen molar-refractivity contribution < 1.29 is 27.5 Å². The molecule has 0 aliphatic heterocycles. The third-order valence-electron chi connectivity index (χ3n) is 4.77. The van der Waals surface area contributed by atoms with Crippen molar-refractivity contribution in [3.63, 3.8) is 0 Å². The second-order valence-corrected chi connectivity index (χ2v) is 6.89. The number of benzene rings is 2. The van der Waals surface area contributed by atoms with Gasteiger partial charge in [-0.25, -0.2) is 9.18 Å². The lowest BCUT2D eigenvalue weighted by atomic mass is 9.90. The molecule has 1 aliphatic rings. The zero-order valence-corrected chi connectivity index (χ0v) is 15.7. The van der Waals surface area contributed by atoms with Crippen molar-refractivity contribution in [3.05, 3.63) is 65.6 Å². The summed E-state index contributed by atoms with van der Waals surface area (Å²) < 4.78 is 45.6. The quantitative estimate of drug-likeness (QED) is 0.537. The van der Waals surface area contributed by atoms with Gasteiger partial charge in [0.1, 0.15) is 5.82 Å². The summed E-state index contributed by atoms with van der Waals surface area (Å²) in [6.45, 7) is 0. The minimum absolute atomic E-state index is 0.202. The Bertz CT molecular complexity index is 1030. The summed E-state index contributed by atoms with van der Waals surface area (Å²) in [6.07, 6.45) is -2.28. The van der Waals surface area contributed by atoms with E-state index in [4.69, 9.17) is 15.6 Å². The van der Waals surface area contributed by atoms with Gasteiger partial charge in [0, 0.05) is 34.8 Å². The summed E-state index contributed by atoms with van der Waals surface area (Å²) in [5.41, 5.74) is 12.0. The van der Waals surface area contributed by atoms with E-state index in [1.807, 2.05) is 30.3 Å². The van der Waals surface area contributed by atoms with Crippen LogP contribution in [0.4, 0.5) is 17.6 Å². The van der Waals surface area contributed by atoms with E-state index in [9.17, 15) is 17.6 Å². The van der Waals surface area contributed by atoms with E-state index in [1.165, 1.54) is 11.6 Å². The molecule has 1 atom stereocenters. The predicted octanol–water partition coefficient (Wildman–Crippen LogP) is 4.33. The predicted molar refractivity (Wildman–Crippen MR) is 103 cm³/mol. The monoisotopic (exact) mass is 421 g/mol. The van der Waals surface area contributed by atoms with Gasteiger partial charge in [-0.2, -0.15) is 18.3 Å². The summed E-state index contributed by atoms with van der Waals surface area (Å²) in [4.78, 5) is 8.90. The number of rotatable bonds is 2. The van der Waals surface area contributed by atoms with Gasteiger partial charge in [0.25, 0.3) is 0 Å². The molecule has 4 N–H and O–H groups in total. The summed E-state index contributed by atoms with van der Waals surface area (Å²) in [5.74, 6) is -2.96. The molecule has 2 aromatic carbocycles. The van der Waals surface area contributed by atoms with Crippen LogP contribution in [-0.2, 0) is 17.6 Å². The average molecular weight is 421 g/mol. The fourth-order valence-electron chi connectivity index (χ4n) is 3.28. The highest BCUT2D eigenvalue weighted by Gasteiger charge is 2.38. The number of nitrogens with two attached hydrogens (primary N) is 1. The van der Waals surface area contributed by atoms with Crippen molar-refractivity contribution in [3.8, 4) is 22.4 Å². The number of carboxylic acids is 1. The first-order valence-corrected chi connectivity index (χ1v) is 9.14. The smallest absolute Gasteiger partial charge is 0.475 e. The molecule has 0 radical (unpaired) electrons. The van der Waals surface area contributed by atoms with Gasteiger partial charge in [-0.05, 0) is 24.5 Å². The molecule has 158 valence electrons. The standard InChI is InChI=1S/C19H18FN3.C2HF3O2/c20-17-4-2-1-3-15(17)12-5-7-13(8-6-12)19-16-10-9-14(21)11-18(16)22-23-19;3-2(4,5)1(6)7/h1-8,14H,9-11,21H2,(H,22,23);(H,6,7). The lowest BCUT2D eigenvalue weighted by Gasteiger charge is -2.18. The number of aromatic amines is 1. The number of hydrogen-bond donors (Lipinski definition) is 3. The van der Waals surface area contributed by atoms with Crippen LogP contribution < -0.4 is 5.73 Å². The Kier molecular flexibility index (Phi) is 6.21. The van der Waals surface area contributed by atoms with Gasteiger partial charge in [0.05, 0.1) is 5.69 Å². The highest BCUT2D eigenvalue weighted by atomic mass is 19.4. The van der Waals surface area contributed by atoms with E-state index in [1.54, 1.807) is 12.1 Å². The van der Waals surface area contributed by atoms with E-state index < -0.39 is 12.1 Å². The van der Waals surface area contributed by atoms with Crippen molar-refractivity contribution in [1.29, 1.82) is 0 Å². The lowest BCUT2D eigenvalue weighted by molar-refractivity contribution is -0.192. The van der Waals surface area contributed by atoms with Crippen LogP contribution in [0.25, 0.3) is 22.4 Å². The van der Waals surface area contributed by atoms with E-state index >= 15 is 0 Å². The molecular formula is C21H19F4N3O2. The van der Waals surface area contributed by atoms with Crippen LogP contribution in [0.1, 0.15) is 17.7 Å². The van der Waals surface area contributed by atoms with E-state index in [-0.39, 0.29) is 11.9 Å². The molecule has 1 unspecified atom stereocenters. The summed E-state index contributed by atoms with van der Waals surface area (Å²) in [5, 5.41) is 14.7. The number of H-pyrrole nitrogens is 1. The number of nitrogens with zero attached hydrogens (tertiary/aromatic N) is 1. The minimum atomic E-state index is -5.08. The number of hydrogen-bond acceptors (Lipinski definition) is 3. The van der Waals surface area contributed by atoms with Gasteiger partial charge in [0.2, 0.25) is 0 Å². The van der Waals surface area contributed by atoms with Crippen LogP contribution in [0.2, 0.25) is 0 Å². The maximum atomic E-state index is 13.9. The van der Waals surface area contributed by atoms with E-state index in [2.05, 4.69) is 10.2 Å². The molecule has 1 aromatic heterocycles. The molecule has 3 aromatic rings. The van der Waals surface area contributed by atoms with Gasteiger partial charge in [-0.3, -0.25) is 5.10 Å². The second kappa shape index (κ2) is 8.66. The Hall–Kier alpha value is -3.20. The maximum Gasteiger partial charge on any atom is 0.490 e. The molecule has 4 rings (SSSR count). The molecule has 5 nitrogen and oxygen atoms in total. The summed E-state index contributed by atoms with van der Waals surface area (Å²) in [7, 11) is 0. The first-order chi connectivity index (χ1) is 14.2. The topological polar surface area (TPSA) is 92.0 Å². The first kappa shape index (κ1) is 21.5. The fourth-order valence-corrected chi connectivity index (χ4v) is 3.28. The normalized spacial score (nSPS) is 15.7. The first-order valence-electron chi connectivity index (χ1n) is 9.14. The molecule has 9 heteroatoms. The molecule has 30 heavy (non-hydrogen) atoms. The summed E-state index contributed by atoms with van der Waals surface area (Å²) >= 11 is 0. The van der Waals surface area contributed by atoms with Crippen LogP contribution in [-0.4, -0.2) is 33.5 Å². The SMILES string of the molecule is NC1CCc2c(-c3ccc(-c4ccccc4F)cc3)n[nH]c2C1.O=C(O)C(F)(F)F. The fraction of sp³-hybridized carbons (Fsp3) is 0.238. The highest BCUT2D eigenvalue weighted by molar-refractivity contribution is 5.73. The molecule has 0 saturated carbocycles. The summed E-state index contributed by atoms with van der Waals surface area (Å²) in [6, 6.07) is 15.0. The van der Waals surface area contributed by atoms with E-state index in [0.717, 1.165) is 41.8 Å². The van der Waals surface area contributed by atoms with Gasteiger partial charge >= 0.3 is 12.1 Å². The van der Waals surface area contributed by atoms with Gasteiger partial charge in [0.15, 0.2) is 0 Å². The highest BCUT2D eigenvalue weighted by Crippen LogP contribution is 2.31. The number of nitrogens with one attached hydrogen (secondary N) is 1.